The van der Waals surface area contributed by atoms with Crippen molar-refractivity contribution in [2.75, 3.05) is 4.72 Å². The Hall–Kier alpha value is -2.89. The van der Waals surface area contributed by atoms with E-state index in [1.54, 1.807) is 4.72 Å². The molecule has 1 amide bonds. The number of hydrogen-bond acceptors (Lipinski definition) is 4. The topological polar surface area (TPSA) is 84.5 Å². The molecule has 1 aliphatic rings. The van der Waals surface area contributed by atoms with E-state index >= 15 is 0 Å². The molecule has 1 unspecified atom stereocenters. The molecule has 0 aromatic heterocycles. The van der Waals surface area contributed by atoms with E-state index in [-0.39, 0.29) is 23.8 Å². The molecule has 1 heterocycles. The van der Waals surface area contributed by atoms with Crippen LogP contribution in [0.15, 0.2) is 29.2 Å². The Bertz CT molecular complexity index is 1010. The second kappa shape index (κ2) is 6.68. The van der Waals surface area contributed by atoms with E-state index in [0.717, 1.165) is 6.07 Å². The van der Waals surface area contributed by atoms with Crippen LogP contribution in [0.25, 0.3) is 0 Å². The quantitative estimate of drug-likeness (QED) is 0.345. The van der Waals surface area contributed by atoms with Gasteiger partial charge in [0.1, 0.15) is 5.75 Å². The molecule has 0 aliphatic carbocycles. The van der Waals surface area contributed by atoms with Crippen molar-refractivity contribution >= 4 is 21.6 Å². The van der Waals surface area contributed by atoms with E-state index < -0.39 is 50.2 Å². The number of carbonyl (C=O) groups is 1. The zero-order valence-corrected chi connectivity index (χ0v) is 13.8. The molecule has 27 heavy (non-hydrogen) atoms. The average molecular weight is 408 g/mol. The molecule has 0 saturated carbocycles. The van der Waals surface area contributed by atoms with Crippen molar-refractivity contribution in [2.45, 2.75) is 17.5 Å². The molecule has 2 aromatic carbocycles. The van der Waals surface area contributed by atoms with Crippen molar-refractivity contribution in [3.8, 4) is 5.75 Å². The Morgan fingerprint density at radius 1 is 0.963 bits per heavy atom. The fourth-order valence-corrected chi connectivity index (χ4v) is 3.43. The van der Waals surface area contributed by atoms with Gasteiger partial charge in [-0.2, -0.15) is 0 Å². The molecule has 0 radical (unpaired) electrons. The second-order valence-electron chi connectivity index (χ2n) is 5.38. The molecule has 1 aliphatic heterocycles. The molecular formula is C15H9F5N2O4S. The van der Waals surface area contributed by atoms with E-state index in [1.807, 2.05) is 0 Å². The number of amides is 1. The Labute approximate surface area is 149 Å². The van der Waals surface area contributed by atoms with Crippen LogP contribution < -0.4 is 14.8 Å². The van der Waals surface area contributed by atoms with Crippen molar-refractivity contribution in [1.29, 1.82) is 0 Å². The molecule has 1 saturated heterocycles. The number of hydrogen-bond donors (Lipinski definition) is 2. The van der Waals surface area contributed by atoms with Gasteiger partial charge in [-0.3, -0.25) is 9.52 Å². The first-order valence-electron chi connectivity index (χ1n) is 7.21. The van der Waals surface area contributed by atoms with E-state index in [9.17, 15) is 35.2 Å². The summed E-state index contributed by atoms with van der Waals surface area (Å²) < 4.78 is 98.8. The summed E-state index contributed by atoms with van der Waals surface area (Å²) in [6, 6.07) is 5.19. The fraction of sp³-hybridized carbons (Fsp3) is 0.133. The fourth-order valence-electron chi connectivity index (χ4n) is 2.22. The Morgan fingerprint density at radius 3 is 2.04 bits per heavy atom. The number of nitrogens with one attached hydrogen (secondary N) is 2. The summed E-state index contributed by atoms with van der Waals surface area (Å²) in [5, 5.41) is 2.35. The summed E-state index contributed by atoms with van der Waals surface area (Å²) >= 11 is 0. The van der Waals surface area contributed by atoms with Gasteiger partial charge in [0.2, 0.25) is 11.7 Å². The maximum absolute atomic E-state index is 13.8. The lowest BCUT2D eigenvalue weighted by Gasteiger charge is -2.28. The van der Waals surface area contributed by atoms with Gasteiger partial charge >= 0.3 is 0 Å². The first-order chi connectivity index (χ1) is 12.6. The van der Waals surface area contributed by atoms with Crippen LogP contribution in [0, 0.1) is 29.1 Å². The zero-order chi connectivity index (χ0) is 19.9. The van der Waals surface area contributed by atoms with Crippen LogP contribution in [-0.2, 0) is 14.8 Å². The number of halogens is 5. The van der Waals surface area contributed by atoms with E-state index in [1.165, 1.54) is 18.2 Å². The van der Waals surface area contributed by atoms with Crippen molar-refractivity contribution in [3.05, 3.63) is 53.4 Å². The lowest BCUT2D eigenvalue weighted by atomic mass is 10.2. The van der Waals surface area contributed by atoms with Crippen LogP contribution >= 0.6 is 0 Å². The molecule has 2 N–H and O–H groups in total. The summed E-state index contributed by atoms with van der Waals surface area (Å²) in [5.74, 6) is -12.7. The standard InChI is InChI=1S/C15H9F5N2O4S/c16-10-11(17)13(19)15(14(20)12(10)18)27(24,25)22-6-3-1-2-4-7(6)26-9-5-8(23)21-9/h1-4,9,22H,5H2,(H,21,23). The van der Waals surface area contributed by atoms with Gasteiger partial charge in [-0.15, -0.1) is 0 Å². The minimum Gasteiger partial charge on any atom is -0.468 e. The maximum Gasteiger partial charge on any atom is 0.268 e. The first-order valence-corrected chi connectivity index (χ1v) is 8.69. The van der Waals surface area contributed by atoms with Crippen molar-refractivity contribution in [2.24, 2.45) is 0 Å². The molecule has 1 atom stereocenters. The predicted octanol–water partition coefficient (Wildman–Crippen LogP) is 2.41. The second-order valence-corrected chi connectivity index (χ2v) is 7.00. The van der Waals surface area contributed by atoms with Gasteiger partial charge in [0, 0.05) is 0 Å². The number of sulfonamides is 1. The van der Waals surface area contributed by atoms with Crippen LogP contribution in [0.4, 0.5) is 27.6 Å². The number of benzene rings is 2. The van der Waals surface area contributed by atoms with Gasteiger partial charge in [0.25, 0.3) is 10.0 Å². The van der Waals surface area contributed by atoms with Gasteiger partial charge in [0.15, 0.2) is 34.4 Å². The highest BCUT2D eigenvalue weighted by Gasteiger charge is 2.34. The molecule has 2 aromatic rings. The van der Waals surface area contributed by atoms with Gasteiger partial charge in [0.05, 0.1) is 12.1 Å². The van der Waals surface area contributed by atoms with E-state index in [0.29, 0.717) is 0 Å². The van der Waals surface area contributed by atoms with Gasteiger partial charge in [-0.25, -0.2) is 30.4 Å². The monoisotopic (exact) mass is 408 g/mol. The molecule has 12 heteroatoms. The third-order valence-corrected chi connectivity index (χ3v) is 4.92. The Balaban J connectivity index is 1.98. The number of ether oxygens (including phenoxy) is 1. The van der Waals surface area contributed by atoms with Crippen LogP contribution in [0.1, 0.15) is 6.42 Å². The molecule has 3 rings (SSSR count). The summed E-state index contributed by atoms with van der Waals surface area (Å²) in [6.07, 6.45) is -0.754. The summed E-state index contributed by atoms with van der Waals surface area (Å²) in [5.41, 5.74) is -0.331. The van der Waals surface area contributed by atoms with Crippen LogP contribution in [0.5, 0.6) is 5.75 Å². The largest absolute Gasteiger partial charge is 0.468 e. The number of rotatable bonds is 5. The van der Waals surface area contributed by atoms with Crippen LogP contribution in [0.2, 0.25) is 0 Å². The van der Waals surface area contributed by atoms with Crippen molar-refractivity contribution < 1.29 is 39.9 Å². The number of β-lactam (4-membered cyclic amide) rings is 1. The highest BCUT2D eigenvalue weighted by Crippen LogP contribution is 2.32. The smallest absolute Gasteiger partial charge is 0.268 e. The predicted molar refractivity (Wildman–Crippen MR) is 80.7 cm³/mol. The van der Waals surface area contributed by atoms with E-state index in [4.69, 9.17) is 4.74 Å². The van der Waals surface area contributed by atoms with Crippen LogP contribution in [0.3, 0.4) is 0 Å². The van der Waals surface area contributed by atoms with E-state index in [2.05, 4.69) is 5.32 Å². The Kier molecular flexibility index (Phi) is 4.68. The van der Waals surface area contributed by atoms with Gasteiger partial charge in [-0.1, -0.05) is 12.1 Å². The molecule has 0 bridgehead atoms. The molecule has 1 fully saturated rings. The summed E-state index contributed by atoms with van der Waals surface area (Å²) in [4.78, 5) is 8.85. The SMILES string of the molecule is O=C1CC(Oc2ccccc2NS(=O)(=O)c2c(F)c(F)c(F)c(F)c2F)N1. The Morgan fingerprint density at radius 2 is 1.48 bits per heavy atom. The van der Waals surface area contributed by atoms with Crippen LogP contribution in [-0.4, -0.2) is 20.6 Å². The maximum atomic E-state index is 13.8. The van der Waals surface area contributed by atoms with Gasteiger partial charge in [-0.05, 0) is 12.1 Å². The van der Waals surface area contributed by atoms with Gasteiger partial charge < -0.3 is 10.1 Å². The molecule has 6 nitrogen and oxygen atoms in total. The highest BCUT2D eigenvalue weighted by atomic mass is 32.2. The minimum absolute atomic E-state index is 0.00126. The normalized spacial score (nSPS) is 16.5. The number of para-hydroxylation sites is 2. The average Bonchev–Trinajstić information content (AvgIpc) is 2.58. The summed E-state index contributed by atoms with van der Waals surface area (Å²) in [7, 11) is -5.21. The van der Waals surface area contributed by atoms with Crippen molar-refractivity contribution in [1.82, 2.24) is 5.32 Å². The van der Waals surface area contributed by atoms with Crippen molar-refractivity contribution in [3.63, 3.8) is 0 Å². The lowest BCUT2D eigenvalue weighted by Crippen LogP contribution is -2.51. The third kappa shape index (κ3) is 3.39. The third-order valence-electron chi connectivity index (χ3n) is 3.53. The first kappa shape index (κ1) is 18.9. The minimum atomic E-state index is -5.21. The molecular weight excluding hydrogens is 399 g/mol. The number of carbonyl (C=O) groups excluding carboxylic acids is 1. The molecule has 144 valence electrons. The highest BCUT2D eigenvalue weighted by molar-refractivity contribution is 7.92. The zero-order valence-electron chi connectivity index (χ0n) is 13.0. The summed E-state index contributed by atoms with van der Waals surface area (Å²) in [6.45, 7) is 0. The molecule has 0 spiro atoms. The lowest BCUT2D eigenvalue weighted by molar-refractivity contribution is -0.134. The number of anilines is 1.